The number of unbranched alkanes of at least 4 members (excludes halogenated alkanes) is 12. The second-order valence-electron chi connectivity index (χ2n) is 10.3. The van der Waals surface area contributed by atoms with E-state index >= 15 is 0 Å². The molecule has 0 bridgehead atoms. The zero-order valence-corrected chi connectivity index (χ0v) is 22.6. The van der Waals surface area contributed by atoms with Gasteiger partial charge in [0.2, 0.25) is 0 Å². The lowest BCUT2D eigenvalue weighted by Crippen LogP contribution is -2.54. The number of hydrogen-bond donors (Lipinski definition) is 1. The molecule has 0 aromatic heterocycles. The van der Waals surface area contributed by atoms with Crippen LogP contribution in [0.3, 0.4) is 0 Å². The molecule has 0 saturated heterocycles. The van der Waals surface area contributed by atoms with Gasteiger partial charge in [0.05, 0.1) is 20.0 Å². The highest BCUT2D eigenvalue weighted by atomic mass is 16.4. The quantitative estimate of drug-likeness (QED) is 0.0935. The van der Waals surface area contributed by atoms with E-state index in [1.807, 2.05) is 7.05 Å². The second-order valence-corrected chi connectivity index (χ2v) is 10.3. The molecule has 1 amide bonds. The zero-order valence-electron chi connectivity index (χ0n) is 22.6. The van der Waals surface area contributed by atoms with E-state index in [0.29, 0.717) is 18.9 Å². The molecule has 33 heavy (non-hydrogen) atoms. The van der Waals surface area contributed by atoms with E-state index in [-0.39, 0.29) is 16.9 Å². The minimum Gasteiger partial charge on any atom is -0.477 e. The highest BCUT2D eigenvalue weighted by Crippen LogP contribution is 2.20. The summed E-state index contributed by atoms with van der Waals surface area (Å²) in [6.45, 7) is 7.16. The van der Waals surface area contributed by atoms with Crippen LogP contribution < -0.4 is 0 Å². The lowest BCUT2D eigenvalue weighted by Gasteiger charge is -2.33. The van der Waals surface area contributed by atoms with Crippen molar-refractivity contribution in [2.24, 2.45) is 5.92 Å². The Bertz CT molecular complexity index is 517. The van der Waals surface area contributed by atoms with Crippen molar-refractivity contribution in [1.82, 2.24) is 0 Å². The van der Waals surface area contributed by atoms with Crippen LogP contribution in [0.15, 0.2) is 12.2 Å². The third-order valence-electron chi connectivity index (χ3n) is 6.94. The lowest BCUT2D eigenvalue weighted by molar-refractivity contribution is -0.831. The van der Waals surface area contributed by atoms with Gasteiger partial charge in [-0.3, -0.25) is 4.48 Å². The van der Waals surface area contributed by atoms with Crippen LogP contribution in [0.5, 0.6) is 0 Å². The summed E-state index contributed by atoms with van der Waals surface area (Å²) in [6, 6.07) is 0. The Labute approximate surface area is 205 Å². The van der Waals surface area contributed by atoms with Gasteiger partial charge in [-0.05, 0) is 44.9 Å². The van der Waals surface area contributed by atoms with Crippen LogP contribution in [0.4, 0.5) is 0 Å². The molecule has 0 aromatic rings. The molecule has 0 aromatic carbocycles. The van der Waals surface area contributed by atoms with Crippen LogP contribution in [0.25, 0.3) is 0 Å². The van der Waals surface area contributed by atoms with Crippen LogP contribution in [0.1, 0.15) is 136 Å². The van der Waals surface area contributed by atoms with Gasteiger partial charge in [-0.2, -0.15) is 0 Å². The van der Waals surface area contributed by atoms with Crippen molar-refractivity contribution in [3.05, 3.63) is 12.2 Å². The normalized spacial score (nSPS) is 14.4. The number of allylic oxidation sites excluding steroid dienone is 2. The van der Waals surface area contributed by atoms with Crippen molar-refractivity contribution in [2.45, 2.75) is 136 Å². The molecule has 0 aliphatic rings. The number of likely N-dealkylation sites (N-methyl/N-ethyl adjacent to an activating group) is 1. The van der Waals surface area contributed by atoms with E-state index in [1.54, 1.807) is 0 Å². The smallest absolute Gasteiger partial charge is 0.359 e. The van der Waals surface area contributed by atoms with Crippen molar-refractivity contribution in [2.75, 3.05) is 20.1 Å². The van der Waals surface area contributed by atoms with Crippen LogP contribution in [-0.4, -0.2) is 41.6 Å². The number of carboxylic acid groups (broad SMARTS) is 1. The molecule has 2 unspecified atom stereocenters. The van der Waals surface area contributed by atoms with E-state index in [9.17, 15) is 14.7 Å². The maximum Gasteiger partial charge on any atom is 0.359 e. The van der Waals surface area contributed by atoms with Gasteiger partial charge in [0, 0.05) is 5.92 Å². The van der Waals surface area contributed by atoms with E-state index in [4.69, 9.17) is 0 Å². The van der Waals surface area contributed by atoms with Crippen LogP contribution >= 0.6 is 0 Å². The minimum absolute atomic E-state index is 0.0565. The van der Waals surface area contributed by atoms with Gasteiger partial charge in [-0.1, -0.05) is 97.1 Å². The number of rotatable bonds is 23. The predicted octanol–water partition coefficient (Wildman–Crippen LogP) is 8.30. The van der Waals surface area contributed by atoms with E-state index in [2.05, 4.69) is 32.9 Å². The fourth-order valence-electron chi connectivity index (χ4n) is 4.66. The van der Waals surface area contributed by atoms with Gasteiger partial charge in [0.25, 0.3) is 0 Å². The van der Waals surface area contributed by atoms with Gasteiger partial charge < -0.3 is 5.11 Å². The Kier molecular flexibility index (Phi) is 20.6. The highest BCUT2D eigenvalue weighted by molar-refractivity contribution is 5.74. The molecule has 0 aliphatic heterocycles. The van der Waals surface area contributed by atoms with Gasteiger partial charge in [-0.15, -0.1) is 0 Å². The topological polar surface area (TPSA) is 54.4 Å². The largest absolute Gasteiger partial charge is 0.477 e. The monoisotopic (exact) mass is 466 g/mol. The average Bonchev–Trinajstić information content (AvgIpc) is 2.78. The summed E-state index contributed by atoms with van der Waals surface area (Å²) in [7, 11) is 1.84. The van der Waals surface area contributed by atoms with E-state index in [1.165, 1.54) is 64.2 Å². The molecule has 4 heteroatoms. The molecule has 0 saturated carbocycles. The molecule has 2 atom stereocenters. The first-order valence-corrected chi connectivity index (χ1v) is 14.1. The van der Waals surface area contributed by atoms with E-state index < -0.39 is 5.97 Å². The Morgan fingerprint density at radius 2 is 1.27 bits per heavy atom. The minimum atomic E-state index is -0.874. The molecule has 0 heterocycles. The summed E-state index contributed by atoms with van der Waals surface area (Å²) >= 11 is 0. The molecule has 0 spiro atoms. The van der Waals surface area contributed by atoms with Crippen molar-refractivity contribution in [3.8, 4) is 0 Å². The number of quaternary nitrogens is 1. The first kappa shape index (κ1) is 31.8. The summed E-state index contributed by atoms with van der Waals surface area (Å²) in [5.74, 6) is -0.349. The van der Waals surface area contributed by atoms with Crippen LogP contribution in [0, 0.1) is 5.92 Å². The summed E-state index contributed by atoms with van der Waals surface area (Å²) < 4.78 is 0.0565. The summed E-state index contributed by atoms with van der Waals surface area (Å²) in [5, 5.41) is 9.39. The Hall–Kier alpha value is -1.16. The molecule has 0 fully saturated rings. The number of aliphatic carboxylic acids is 1. The number of carbonyl (C=O) groups is 2. The SMILES string of the molecule is CCCCCCCC/C=C\CCCCCCCC(=O)[N+](C)(CC(=O)O)CC(CC)CCCC. The van der Waals surface area contributed by atoms with Crippen LogP contribution in [-0.2, 0) is 9.59 Å². The summed E-state index contributed by atoms with van der Waals surface area (Å²) in [5.41, 5.74) is 0. The summed E-state index contributed by atoms with van der Waals surface area (Å²) in [6.07, 6.45) is 25.7. The van der Waals surface area contributed by atoms with Crippen molar-refractivity contribution in [3.63, 3.8) is 0 Å². The highest BCUT2D eigenvalue weighted by Gasteiger charge is 2.35. The fourth-order valence-corrected chi connectivity index (χ4v) is 4.66. The number of nitrogens with zero attached hydrogens (tertiary/aromatic N) is 1. The molecule has 194 valence electrons. The fraction of sp³-hybridized carbons (Fsp3) is 0.862. The number of hydrogen-bond acceptors (Lipinski definition) is 2. The van der Waals surface area contributed by atoms with Gasteiger partial charge in [0.15, 0.2) is 6.54 Å². The average molecular weight is 467 g/mol. The standard InChI is InChI=1S/C29H55NO3/c1-5-8-10-11-12-13-14-15-16-17-18-19-20-21-22-24-28(31)30(4,26-29(32)33)25-27(7-3)23-9-6-2/h15-16,27H,5-14,17-26H2,1-4H3/p+1/b16-15-. The second kappa shape index (κ2) is 21.4. The maximum absolute atomic E-state index is 13.0. The molecule has 1 N–H and O–H groups in total. The van der Waals surface area contributed by atoms with Gasteiger partial charge >= 0.3 is 11.9 Å². The van der Waals surface area contributed by atoms with E-state index in [0.717, 1.165) is 44.9 Å². The first-order valence-electron chi connectivity index (χ1n) is 14.1. The Balaban J connectivity index is 4.04. The van der Waals surface area contributed by atoms with Crippen LogP contribution in [0.2, 0.25) is 0 Å². The third-order valence-corrected chi connectivity index (χ3v) is 6.94. The Morgan fingerprint density at radius 1 is 0.758 bits per heavy atom. The van der Waals surface area contributed by atoms with Crippen molar-refractivity contribution in [1.29, 1.82) is 0 Å². The Morgan fingerprint density at radius 3 is 1.79 bits per heavy atom. The number of carboxylic acids is 1. The number of carbonyl (C=O) groups excluding carboxylic acids is 1. The predicted molar refractivity (Wildman–Crippen MR) is 141 cm³/mol. The molecule has 0 aliphatic carbocycles. The summed E-state index contributed by atoms with van der Waals surface area (Å²) in [4.78, 5) is 24.4. The molecular weight excluding hydrogens is 410 g/mol. The van der Waals surface area contributed by atoms with Gasteiger partial charge in [0.1, 0.15) is 0 Å². The molecule has 4 nitrogen and oxygen atoms in total. The zero-order chi connectivity index (χ0) is 24.8. The maximum atomic E-state index is 13.0. The third kappa shape index (κ3) is 17.9. The first-order chi connectivity index (χ1) is 15.9. The van der Waals surface area contributed by atoms with Crippen molar-refractivity contribution < 1.29 is 19.2 Å². The van der Waals surface area contributed by atoms with Crippen molar-refractivity contribution >= 4 is 11.9 Å². The lowest BCUT2D eigenvalue weighted by atomic mass is 9.97. The number of amides is 1. The molecule has 0 radical (unpaired) electrons. The molecular formula is C29H56NO3+. The molecule has 0 rings (SSSR count). The van der Waals surface area contributed by atoms with Gasteiger partial charge in [-0.25, -0.2) is 9.59 Å².